The molecule has 0 amide bonds. The Kier molecular flexibility index (Phi) is 5.73. The van der Waals surface area contributed by atoms with Crippen LogP contribution in [-0.4, -0.2) is 25.1 Å². The number of carbonyl (C=O) groups excluding carboxylic acids is 1. The maximum atomic E-state index is 11.9. The second-order valence-electron chi connectivity index (χ2n) is 5.07. The van der Waals surface area contributed by atoms with E-state index in [2.05, 4.69) is 0 Å². The van der Waals surface area contributed by atoms with Crippen LogP contribution in [0.1, 0.15) is 11.1 Å². The third kappa shape index (κ3) is 4.57. The summed E-state index contributed by atoms with van der Waals surface area (Å²) >= 11 is 0. The molecule has 0 atom stereocenters. The highest BCUT2D eigenvalue weighted by molar-refractivity contribution is 5.89. The minimum absolute atomic E-state index is 0.0293. The minimum Gasteiger partial charge on any atom is -0.497 e. The van der Waals surface area contributed by atoms with Gasteiger partial charge in [-0.15, -0.1) is 0 Å². The Labute approximate surface area is 144 Å². The Morgan fingerprint density at radius 2 is 1.80 bits per heavy atom. The van der Waals surface area contributed by atoms with Crippen LogP contribution in [0.2, 0.25) is 0 Å². The van der Waals surface area contributed by atoms with Gasteiger partial charge in [0.25, 0.3) is 5.69 Å². The molecular weight excluding hydrogens is 326 g/mol. The van der Waals surface area contributed by atoms with Crippen molar-refractivity contribution in [2.45, 2.75) is 6.92 Å². The molecule has 0 aliphatic heterocycles. The highest BCUT2D eigenvalue weighted by Crippen LogP contribution is 2.26. The van der Waals surface area contributed by atoms with Crippen molar-refractivity contribution in [3.05, 3.63) is 63.7 Å². The molecule has 0 saturated heterocycles. The lowest BCUT2D eigenvalue weighted by Gasteiger charge is -2.07. The fourth-order valence-corrected chi connectivity index (χ4v) is 2.16. The summed E-state index contributed by atoms with van der Waals surface area (Å²) in [7, 11) is 3.07. The lowest BCUT2D eigenvalue weighted by Crippen LogP contribution is -2.04. The highest BCUT2D eigenvalue weighted by Gasteiger charge is 2.12. The van der Waals surface area contributed by atoms with E-state index in [4.69, 9.17) is 14.2 Å². The number of nitro groups is 1. The lowest BCUT2D eigenvalue weighted by atomic mass is 10.1. The molecule has 0 N–H and O–H groups in total. The molecule has 0 saturated carbocycles. The zero-order valence-corrected chi connectivity index (χ0v) is 14.0. The van der Waals surface area contributed by atoms with Crippen LogP contribution in [0.3, 0.4) is 0 Å². The second-order valence-corrected chi connectivity index (χ2v) is 5.07. The Balaban J connectivity index is 2.11. The highest BCUT2D eigenvalue weighted by atomic mass is 16.6. The summed E-state index contributed by atoms with van der Waals surface area (Å²) in [6, 6.07) is 9.31. The molecular formula is C18H17NO6. The van der Waals surface area contributed by atoms with Gasteiger partial charge in [0.05, 0.1) is 19.1 Å². The molecule has 2 rings (SSSR count). The van der Waals surface area contributed by atoms with Crippen molar-refractivity contribution in [3.8, 4) is 17.2 Å². The summed E-state index contributed by atoms with van der Waals surface area (Å²) in [4.78, 5) is 22.2. The molecule has 25 heavy (non-hydrogen) atoms. The van der Waals surface area contributed by atoms with E-state index in [9.17, 15) is 14.9 Å². The summed E-state index contributed by atoms with van der Waals surface area (Å²) < 4.78 is 15.5. The summed E-state index contributed by atoms with van der Waals surface area (Å²) in [6.45, 7) is 1.58. The largest absolute Gasteiger partial charge is 0.497 e. The first-order chi connectivity index (χ1) is 11.9. The number of nitrogens with zero attached hydrogens (tertiary/aromatic N) is 1. The van der Waals surface area contributed by atoms with Gasteiger partial charge in [0.2, 0.25) is 0 Å². The minimum atomic E-state index is -0.605. The van der Waals surface area contributed by atoms with Crippen molar-refractivity contribution in [1.29, 1.82) is 0 Å². The molecule has 0 aliphatic carbocycles. The van der Waals surface area contributed by atoms with Crippen LogP contribution < -0.4 is 14.2 Å². The van der Waals surface area contributed by atoms with Gasteiger partial charge in [-0.3, -0.25) is 10.1 Å². The third-order valence-corrected chi connectivity index (χ3v) is 3.42. The van der Waals surface area contributed by atoms with Gasteiger partial charge in [0.15, 0.2) is 0 Å². The molecule has 2 aromatic rings. The number of carbonyl (C=O) groups is 1. The van der Waals surface area contributed by atoms with Crippen molar-refractivity contribution >= 4 is 17.7 Å². The number of methoxy groups -OCH3 is 2. The molecule has 2 aromatic carbocycles. The molecule has 0 spiro atoms. The maximum absolute atomic E-state index is 11.9. The number of ether oxygens (including phenoxy) is 3. The lowest BCUT2D eigenvalue weighted by molar-refractivity contribution is -0.385. The summed E-state index contributed by atoms with van der Waals surface area (Å²) in [6.07, 6.45) is 2.81. The molecule has 0 radical (unpaired) electrons. The number of rotatable bonds is 6. The van der Waals surface area contributed by atoms with Crippen LogP contribution in [-0.2, 0) is 4.79 Å². The monoisotopic (exact) mass is 343 g/mol. The molecule has 7 heteroatoms. The molecule has 0 heterocycles. The van der Waals surface area contributed by atoms with Gasteiger partial charge in [-0.1, -0.05) is 0 Å². The first-order valence-electron chi connectivity index (χ1n) is 7.31. The SMILES string of the molecule is COc1ccc(/C=C/C(=O)Oc2ccc([N+](=O)[O-])c(C)c2)c(OC)c1. The molecule has 0 unspecified atom stereocenters. The van der Waals surface area contributed by atoms with Gasteiger partial charge >= 0.3 is 5.97 Å². The van der Waals surface area contributed by atoms with Gasteiger partial charge in [-0.2, -0.15) is 0 Å². The van der Waals surface area contributed by atoms with E-state index in [0.29, 0.717) is 22.6 Å². The van der Waals surface area contributed by atoms with Gasteiger partial charge < -0.3 is 14.2 Å². The number of esters is 1. The van der Waals surface area contributed by atoms with Gasteiger partial charge in [-0.25, -0.2) is 4.79 Å². The summed E-state index contributed by atoms with van der Waals surface area (Å²) in [5.74, 6) is 0.818. The third-order valence-electron chi connectivity index (χ3n) is 3.42. The van der Waals surface area contributed by atoms with E-state index >= 15 is 0 Å². The van der Waals surface area contributed by atoms with Crippen molar-refractivity contribution < 1.29 is 23.9 Å². The van der Waals surface area contributed by atoms with E-state index < -0.39 is 10.9 Å². The van der Waals surface area contributed by atoms with Crippen molar-refractivity contribution in [2.24, 2.45) is 0 Å². The molecule has 7 nitrogen and oxygen atoms in total. The van der Waals surface area contributed by atoms with Crippen LogP contribution in [0, 0.1) is 17.0 Å². The molecule has 0 bridgehead atoms. The van der Waals surface area contributed by atoms with Crippen molar-refractivity contribution in [3.63, 3.8) is 0 Å². The van der Waals surface area contributed by atoms with E-state index in [1.807, 2.05) is 0 Å². The van der Waals surface area contributed by atoms with Crippen molar-refractivity contribution in [1.82, 2.24) is 0 Å². The topological polar surface area (TPSA) is 87.9 Å². The van der Waals surface area contributed by atoms with E-state index in [1.54, 1.807) is 38.3 Å². The number of nitro benzene ring substituents is 1. The van der Waals surface area contributed by atoms with Crippen LogP contribution in [0.15, 0.2) is 42.5 Å². The fraction of sp³-hybridized carbons (Fsp3) is 0.167. The Hall–Kier alpha value is -3.35. The molecule has 0 aromatic heterocycles. The van der Waals surface area contributed by atoms with Crippen LogP contribution >= 0.6 is 0 Å². The smallest absolute Gasteiger partial charge is 0.336 e. The van der Waals surface area contributed by atoms with E-state index in [-0.39, 0.29) is 11.4 Å². The number of aryl methyl sites for hydroxylation is 1. The quantitative estimate of drug-likeness (QED) is 0.262. The zero-order chi connectivity index (χ0) is 18.4. The maximum Gasteiger partial charge on any atom is 0.336 e. The first-order valence-corrected chi connectivity index (χ1v) is 7.31. The molecule has 0 aliphatic rings. The standard InChI is InChI=1S/C18H17NO6/c1-12-10-15(7-8-16(12)19(21)22)25-18(20)9-5-13-4-6-14(23-2)11-17(13)24-3/h4-11H,1-3H3/b9-5+. The average molecular weight is 343 g/mol. The van der Waals surface area contributed by atoms with Crippen molar-refractivity contribution in [2.75, 3.05) is 14.2 Å². The number of hydrogen-bond acceptors (Lipinski definition) is 6. The second kappa shape index (κ2) is 7.96. The Morgan fingerprint density at radius 1 is 1.08 bits per heavy atom. The predicted octanol–water partition coefficient (Wildman–Crippen LogP) is 3.54. The normalized spacial score (nSPS) is 10.5. The van der Waals surface area contributed by atoms with E-state index in [0.717, 1.165) is 0 Å². The first kappa shape index (κ1) is 18.0. The van der Waals surface area contributed by atoms with Crippen LogP contribution in [0.4, 0.5) is 5.69 Å². The fourth-order valence-electron chi connectivity index (χ4n) is 2.16. The Bertz CT molecular complexity index is 828. The Morgan fingerprint density at radius 3 is 2.40 bits per heavy atom. The van der Waals surface area contributed by atoms with Gasteiger partial charge in [-0.05, 0) is 37.3 Å². The summed E-state index contributed by atoms with van der Waals surface area (Å²) in [5.41, 5.74) is 1.06. The van der Waals surface area contributed by atoms with Crippen LogP contribution in [0.5, 0.6) is 17.2 Å². The van der Waals surface area contributed by atoms with E-state index in [1.165, 1.54) is 31.4 Å². The predicted molar refractivity (Wildman–Crippen MR) is 92.0 cm³/mol. The molecule has 130 valence electrons. The summed E-state index contributed by atoms with van der Waals surface area (Å²) in [5, 5.41) is 10.8. The zero-order valence-electron chi connectivity index (χ0n) is 14.0. The van der Waals surface area contributed by atoms with Gasteiger partial charge in [0, 0.05) is 29.3 Å². The molecule has 0 fully saturated rings. The van der Waals surface area contributed by atoms with Crippen LogP contribution in [0.25, 0.3) is 6.08 Å². The van der Waals surface area contributed by atoms with Gasteiger partial charge in [0.1, 0.15) is 17.2 Å². The number of benzene rings is 2. The number of hydrogen-bond donors (Lipinski definition) is 0. The average Bonchev–Trinajstić information content (AvgIpc) is 2.59.